The number of hydrogen-bond acceptors (Lipinski definition) is 3. The minimum Gasteiger partial charge on any atom is -0.404 e. The molecule has 0 aliphatic carbocycles. The number of aryl methyl sites for hydroxylation is 2. The Labute approximate surface area is 165 Å². The second kappa shape index (κ2) is 8.09. The van der Waals surface area contributed by atoms with Gasteiger partial charge >= 0.3 is 0 Å². The van der Waals surface area contributed by atoms with Gasteiger partial charge in [-0.3, -0.25) is 4.79 Å². The van der Waals surface area contributed by atoms with Crippen LogP contribution in [0, 0.1) is 6.92 Å². The number of nitrogens with zero attached hydrogens (tertiary/aromatic N) is 2. The van der Waals surface area contributed by atoms with Crippen LogP contribution >= 0.6 is 11.6 Å². The summed E-state index contributed by atoms with van der Waals surface area (Å²) in [5, 5.41) is 1.31. The zero-order valence-electron chi connectivity index (χ0n) is 15.9. The van der Waals surface area contributed by atoms with Crippen molar-refractivity contribution in [1.82, 2.24) is 9.47 Å². The highest BCUT2D eigenvalue weighted by atomic mass is 35.5. The molecule has 1 aliphatic rings. The van der Waals surface area contributed by atoms with E-state index in [9.17, 15) is 4.79 Å². The van der Waals surface area contributed by atoms with Crippen molar-refractivity contribution in [3.63, 3.8) is 0 Å². The number of rotatable bonds is 4. The molecular weight excluding hydrogens is 360 g/mol. The maximum atomic E-state index is 12.8. The van der Waals surface area contributed by atoms with E-state index in [2.05, 4.69) is 42.7 Å². The predicted octanol–water partition coefficient (Wildman–Crippen LogP) is 3.56. The topological polar surface area (TPSA) is 77.3 Å². The Morgan fingerprint density at radius 2 is 2.15 bits per heavy atom. The summed E-state index contributed by atoms with van der Waals surface area (Å²) in [6.07, 6.45) is 4.71. The average molecular weight is 387 g/mol. The predicted molar refractivity (Wildman–Crippen MR) is 111 cm³/mol. The van der Waals surface area contributed by atoms with Crippen molar-refractivity contribution in [2.75, 3.05) is 13.1 Å². The van der Waals surface area contributed by atoms with Gasteiger partial charge in [-0.2, -0.15) is 0 Å². The van der Waals surface area contributed by atoms with E-state index in [1.807, 2.05) is 4.90 Å². The van der Waals surface area contributed by atoms with Gasteiger partial charge in [-0.15, -0.1) is 0 Å². The quantitative estimate of drug-likeness (QED) is 0.479. The van der Waals surface area contributed by atoms with Crippen molar-refractivity contribution >= 4 is 28.4 Å². The molecular formula is C21H27ClN4O. The van der Waals surface area contributed by atoms with Crippen LogP contribution in [0.15, 0.2) is 47.3 Å². The van der Waals surface area contributed by atoms with Gasteiger partial charge in [0.15, 0.2) is 0 Å². The molecule has 144 valence electrons. The van der Waals surface area contributed by atoms with Crippen LogP contribution in [-0.2, 0) is 11.3 Å². The third kappa shape index (κ3) is 3.98. The number of halogens is 1. The van der Waals surface area contributed by atoms with E-state index in [1.165, 1.54) is 34.4 Å². The SMILES string of the molecule is CCn1c(C2CCCN(C(=O)C(/C=C(\N)Cl)=C/N)C2)cc2cc(C)ccc21. The number of benzene rings is 1. The van der Waals surface area contributed by atoms with Gasteiger partial charge in [0.05, 0.1) is 10.7 Å². The summed E-state index contributed by atoms with van der Waals surface area (Å²) in [6.45, 7) is 6.57. The molecule has 1 aliphatic heterocycles. The normalized spacial score (nSPS) is 18.9. The molecule has 0 radical (unpaired) electrons. The molecule has 2 heterocycles. The van der Waals surface area contributed by atoms with Gasteiger partial charge in [-0.25, -0.2) is 0 Å². The fourth-order valence-corrected chi connectivity index (χ4v) is 4.14. The summed E-state index contributed by atoms with van der Waals surface area (Å²) in [7, 11) is 0. The number of aromatic nitrogens is 1. The van der Waals surface area contributed by atoms with Crippen LogP contribution in [-0.4, -0.2) is 28.5 Å². The number of fused-ring (bicyclic) bond motifs is 1. The maximum Gasteiger partial charge on any atom is 0.255 e. The number of nitrogens with two attached hydrogens (primary N) is 2. The van der Waals surface area contributed by atoms with Crippen LogP contribution in [0.3, 0.4) is 0 Å². The van der Waals surface area contributed by atoms with Gasteiger partial charge in [0, 0.05) is 48.3 Å². The van der Waals surface area contributed by atoms with Crippen LogP contribution in [0.25, 0.3) is 10.9 Å². The van der Waals surface area contributed by atoms with Crippen molar-refractivity contribution in [2.24, 2.45) is 11.5 Å². The molecule has 6 heteroatoms. The Kier molecular flexibility index (Phi) is 5.80. The van der Waals surface area contributed by atoms with Gasteiger partial charge in [-0.05, 0) is 51.0 Å². The highest BCUT2D eigenvalue weighted by molar-refractivity contribution is 6.29. The van der Waals surface area contributed by atoms with Gasteiger partial charge in [0.1, 0.15) is 0 Å². The van der Waals surface area contributed by atoms with E-state index in [4.69, 9.17) is 23.1 Å². The molecule has 1 saturated heterocycles. The summed E-state index contributed by atoms with van der Waals surface area (Å²) in [5.74, 6) is 0.174. The molecule has 1 atom stereocenters. The minimum atomic E-state index is -0.124. The summed E-state index contributed by atoms with van der Waals surface area (Å²) in [5.41, 5.74) is 15.2. The Morgan fingerprint density at radius 3 is 2.81 bits per heavy atom. The largest absolute Gasteiger partial charge is 0.404 e. The third-order valence-corrected chi connectivity index (χ3v) is 5.36. The standard InChI is InChI=1S/C21H27ClN4O/c1-3-26-18-7-6-14(2)9-16(18)10-19(26)15-5-4-8-25(13-15)21(27)17(12-23)11-20(22)24/h6-7,9-12,15H,3-5,8,13,23-24H2,1-2H3/b17-12+,20-11-. The number of piperidine rings is 1. The number of carbonyl (C=O) groups excluding carboxylic acids is 1. The lowest BCUT2D eigenvalue weighted by molar-refractivity contribution is -0.128. The van der Waals surface area contributed by atoms with E-state index >= 15 is 0 Å². The molecule has 4 N–H and O–H groups in total. The molecule has 2 aromatic rings. The molecule has 3 rings (SSSR count). The van der Waals surface area contributed by atoms with Crippen LogP contribution in [0.4, 0.5) is 0 Å². The van der Waals surface area contributed by atoms with E-state index < -0.39 is 0 Å². The summed E-state index contributed by atoms with van der Waals surface area (Å²) < 4.78 is 2.36. The van der Waals surface area contributed by atoms with Crippen molar-refractivity contribution in [3.8, 4) is 0 Å². The molecule has 0 spiro atoms. The molecule has 0 saturated carbocycles. The van der Waals surface area contributed by atoms with Crippen LogP contribution in [0.2, 0.25) is 0 Å². The van der Waals surface area contributed by atoms with E-state index in [1.54, 1.807) is 0 Å². The number of carbonyl (C=O) groups is 1. The molecule has 1 aromatic carbocycles. The van der Waals surface area contributed by atoms with E-state index in [0.717, 1.165) is 19.4 Å². The first-order valence-electron chi connectivity index (χ1n) is 9.38. The molecule has 1 amide bonds. The van der Waals surface area contributed by atoms with Crippen LogP contribution in [0.1, 0.15) is 36.9 Å². The first-order chi connectivity index (χ1) is 12.9. The number of hydrogen-bond donors (Lipinski definition) is 2. The molecule has 1 unspecified atom stereocenters. The van der Waals surface area contributed by atoms with Crippen molar-refractivity contribution in [3.05, 3.63) is 58.5 Å². The van der Waals surface area contributed by atoms with Gasteiger partial charge < -0.3 is 20.9 Å². The Balaban J connectivity index is 1.89. The molecule has 0 bridgehead atoms. The highest BCUT2D eigenvalue weighted by Gasteiger charge is 2.28. The summed E-state index contributed by atoms with van der Waals surface area (Å²) in [4.78, 5) is 14.7. The number of likely N-dealkylation sites (tertiary alicyclic amines) is 1. The lowest BCUT2D eigenvalue weighted by Crippen LogP contribution is -2.40. The smallest absolute Gasteiger partial charge is 0.255 e. The zero-order chi connectivity index (χ0) is 19.6. The Bertz CT molecular complexity index is 908. The monoisotopic (exact) mass is 386 g/mol. The molecule has 5 nitrogen and oxygen atoms in total. The first-order valence-corrected chi connectivity index (χ1v) is 9.76. The first kappa shape index (κ1) is 19.4. The van der Waals surface area contributed by atoms with Crippen molar-refractivity contribution in [1.29, 1.82) is 0 Å². The van der Waals surface area contributed by atoms with Crippen LogP contribution < -0.4 is 11.5 Å². The van der Waals surface area contributed by atoms with Gasteiger partial charge in [0.2, 0.25) is 0 Å². The van der Waals surface area contributed by atoms with Gasteiger partial charge in [-0.1, -0.05) is 23.2 Å². The molecule has 27 heavy (non-hydrogen) atoms. The fraction of sp³-hybridized carbons (Fsp3) is 0.381. The highest BCUT2D eigenvalue weighted by Crippen LogP contribution is 2.32. The Morgan fingerprint density at radius 1 is 1.37 bits per heavy atom. The molecule has 1 aromatic heterocycles. The third-order valence-electron chi connectivity index (χ3n) is 5.25. The number of amides is 1. The maximum absolute atomic E-state index is 12.8. The van der Waals surface area contributed by atoms with Crippen molar-refractivity contribution in [2.45, 2.75) is 39.2 Å². The van der Waals surface area contributed by atoms with E-state index in [0.29, 0.717) is 24.6 Å². The fourth-order valence-electron chi connectivity index (χ4n) is 4.02. The minimum absolute atomic E-state index is 0.0510. The lowest BCUT2D eigenvalue weighted by Gasteiger charge is -2.33. The average Bonchev–Trinajstić information content (AvgIpc) is 3.03. The summed E-state index contributed by atoms with van der Waals surface area (Å²) >= 11 is 5.72. The molecule has 1 fully saturated rings. The summed E-state index contributed by atoms with van der Waals surface area (Å²) in [6, 6.07) is 8.84. The lowest BCUT2D eigenvalue weighted by atomic mass is 9.94. The second-order valence-electron chi connectivity index (χ2n) is 7.12. The van der Waals surface area contributed by atoms with E-state index in [-0.39, 0.29) is 11.1 Å². The van der Waals surface area contributed by atoms with Crippen LogP contribution in [0.5, 0.6) is 0 Å². The second-order valence-corrected chi connectivity index (χ2v) is 7.55. The Hall–Kier alpha value is -2.40. The zero-order valence-corrected chi connectivity index (χ0v) is 16.7. The van der Waals surface area contributed by atoms with Crippen molar-refractivity contribution < 1.29 is 4.79 Å². The van der Waals surface area contributed by atoms with Gasteiger partial charge in [0.25, 0.3) is 5.91 Å².